The van der Waals surface area contributed by atoms with E-state index < -0.39 is 77.6 Å². The van der Waals surface area contributed by atoms with Gasteiger partial charge in [-0.3, -0.25) is 39.0 Å². The number of nitrogens with one attached hydrogen (secondary N) is 6. The topological polar surface area (TPSA) is 277 Å². The number of nitrogens with zero attached hydrogens (tertiary/aromatic N) is 1. The number of fused-ring (bicyclic) bond motifs is 1. The van der Waals surface area contributed by atoms with Gasteiger partial charge in [-0.05, 0) is 60.8 Å². The molecule has 0 radical (unpaired) electrons. The number of carbonyl (C=O) groups excluding carboxylic acids is 7. The minimum absolute atomic E-state index is 0.00559. The van der Waals surface area contributed by atoms with Crippen LogP contribution in [0.3, 0.4) is 0 Å². The van der Waals surface area contributed by atoms with Crippen molar-refractivity contribution in [3.63, 3.8) is 0 Å². The van der Waals surface area contributed by atoms with Crippen molar-refractivity contribution in [3.05, 3.63) is 71.9 Å². The Balaban J connectivity index is 1.55. The highest BCUT2D eigenvalue weighted by Crippen LogP contribution is 2.22. The van der Waals surface area contributed by atoms with Gasteiger partial charge in [0.2, 0.25) is 35.4 Å². The first-order valence-electron chi connectivity index (χ1n) is 19.4. The SMILES string of the molecule is CSCC[C@H](NC(=O)[C@H](CC(C)C)N1CC[C@@H](NC(=O)[C@H](Cc2ccccc2)NC(=O)[C@@H](Cc2c[nH]c3ccccc23)NC(=O)[C@@H](N)CCC(N)=O)C1=O)C(=O)NN. The highest BCUT2D eigenvalue weighted by Gasteiger charge is 2.41. The number of rotatable bonds is 22. The van der Waals surface area contributed by atoms with Crippen LogP contribution in [0.5, 0.6) is 0 Å². The molecular formula is C40H56N10O7S. The molecule has 1 fully saturated rings. The number of hydrogen-bond acceptors (Lipinski definition) is 10. The van der Waals surface area contributed by atoms with Crippen molar-refractivity contribution in [1.82, 2.24) is 36.6 Å². The lowest BCUT2D eigenvalue weighted by atomic mass is 10.0. The Morgan fingerprint density at radius 2 is 1.50 bits per heavy atom. The van der Waals surface area contributed by atoms with E-state index in [0.29, 0.717) is 18.6 Å². The maximum Gasteiger partial charge on any atom is 0.256 e. The number of likely N-dealkylation sites (tertiary alicyclic amines) is 1. The van der Waals surface area contributed by atoms with Crippen molar-refractivity contribution in [2.24, 2.45) is 23.2 Å². The van der Waals surface area contributed by atoms with Crippen molar-refractivity contribution >= 4 is 64.0 Å². The van der Waals surface area contributed by atoms with Gasteiger partial charge in [-0.15, -0.1) is 0 Å². The van der Waals surface area contributed by atoms with Crippen molar-refractivity contribution < 1.29 is 33.6 Å². The molecule has 1 saturated heterocycles. The summed E-state index contributed by atoms with van der Waals surface area (Å²) in [6.45, 7) is 3.99. The molecule has 1 aromatic heterocycles. The van der Waals surface area contributed by atoms with E-state index in [1.807, 2.05) is 50.4 Å². The molecule has 1 aliphatic rings. The van der Waals surface area contributed by atoms with E-state index in [4.69, 9.17) is 17.3 Å². The maximum atomic E-state index is 14.2. The molecule has 6 atom stereocenters. The van der Waals surface area contributed by atoms with E-state index in [-0.39, 0.29) is 44.6 Å². The molecule has 7 amide bonds. The lowest BCUT2D eigenvalue weighted by Crippen LogP contribution is -2.58. The standard InChI is InChI=1S/C40H56N10O7S/c1-23(2)19-33(39(56)45-29(16-18-58-3)38(55)49-43)50-17-15-30(40(50)57)46-36(53)31(20-24-9-5-4-6-10-24)48-37(54)32(47-35(52)27(41)13-14-34(42)51)21-25-22-44-28-12-8-7-11-26(25)28/h4-12,22-23,27,29-33,44H,13-21,41,43H2,1-3H3,(H2,42,51)(H,45,56)(H,46,53)(H,47,52)(H,48,54)(H,49,55)/t27-,29-,30+,31-,32+,33-/m0/s1. The number of primary amides is 1. The number of hydrogen-bond donors (Lipinski definition) is 9. The molecule has 2 aromatic carbocycles. The Morgan fingerprint density at radius 3 is 2.17 bits per heavy atom. The van der Waals surface area contributed by atoms with Gasteiger partial charge in [-0.1, -0.05) is 62.4 Å². The van der Waals surface area contributed by atoms with Crippen LogP contribution in [-0.2, 0) is 46.4 Å². The first kappa shape index (κ1) is 45.2. The summed E-state index contributed by atoms with van der Waals surface area (Å²) in [6.07, 6.45) is 4.37. The molecule has 0 saturated carbocycles. The third kappa shape index (κ3) is 12.8. The third-order valence-corrected chi connectivity index (χ3v) is 10.6. The average molecular weight is 821 g/mol. The summed E-state index contributed by atoms with van der Waals surface area (Å²) in [6, 6.07) is 10.1. The summed E-state index contributed by atoms with van der Waals surface area (Å²) in [5.41, 5.74) is 15.7. The van der Waals surface area contributed by atoms with E-state index >= 15 is 0 Å². The predicted octanol–water partition coefficient (Wildman–Crippen LogP) is -0.125. The molecule has 58 heavy (non-hydrogen) atoms. The first-order valence-corrected chi connectivity index (χ1v) is 20.8. The van der Waals surface area contributed by atoms with Crippen LogP contribution < -0.4 is 44.0 Å². The summed E-state index contributed by atoms with van der Waals surface area (Å²) < 4.78 is 0. The smallest absolute Gasteiger partial charge is 0.256 e. The van der Waals surface area contributed by atoms with Crippen LogP contribution in [0.2, 0.25) is 0 Å². The van der Waals surface area contributed by atoms with E-state index in [9.17, 15) is 33.6 Å². The van der Waals surface area contributed by atoms with Crippen LogP contribution in [0.4, 0.5) is 0 Å². The fourth-order valence-electron chi connectivity index (χ4n) is 6.88. The number of para-hydroxylation sites is 1. The zero-order chi connectivity index (χ0) is 42.4. The Morgan fingerprint density at radius 1 is 0.845 bits per heavy atom. The normalized spacial score (nSPS) is 16.6. The largest absolute Gasteiger partial charge is 0.370 e. The van der Waals surface area contributed by atoms with Crippen LogP contribution in [0.15, 0.2) is 60.8 Å². The van der Waals surface area contributed by atoms with Crippen LogP contribution in [0, 0.1) is 5.92 Å². The van der Waals surface area contributed by atoms with Gasteiger partial charge in [-0.2, -0.15) is 11.8 Å². The number of aromatic amines is 1. The summed E-state index contributed by atoms with van der Waals surface area (Å²) >= 11 is 1.51. The number of hydrazine groups is 1. The fraction of sp³-hybridized carbons (Fsp3) is 0.475. The zero-order valence-corrected chi connectivity index (χ0v) is 33.9. The van der Waals surface area contributed by atoms with Crippen molar-refractivity contribution in [1.29, 1.82) is 0 Å². The molecule has 12 N–H and O–H groups in total. The van der Waals surface area contributed by atoms with Gasteiger partial charge in [0.05, 0.1) is 6.04 Å². The Hall–Kier alpha value is -5.46. The molecule has 4 rings (SSSR count). The molecule has 3 aromatic rings. The highest BCUT2D eigenvalue weighted by atomic mass is 32.2. The van der Waals surface area contributed by atoms with Gasteiger partial charge >= 0.3 is 0 Å². The summed E-state index contributed by atoms with van der Waals surface area (Å²) in [7, 11) is 0. The monoisotopic (exact) mass is 820 g/mol. The third-order valence-electron chi connectivity index (χ3n) is 10.0. The van der Waals surface area contributed by atoms with Gasteiger partial charge in [0, 0.05) is 42.9 Å². The molecule has 1 aliphatic heterocycles. The number of H-pyrrole nitrogens is 1. The number of benzene rings is 2. The number of amides is 7. The quantitative estimate of drug-likeness (QED) is 0.0368. The van der Waals surface area contributed by atoms with Gasteiger partial charge in [0.25, 0.3) is 5.91 Å². The first-order chi connectivity index (χ1) is 27.7. The van der Waals surface area contributed by atoms with Crippen molar-refractivity contribution in [2.45, 2.75) is 95.0 Å². The Labute approximate surface area is 342 Å². The molecule has 17 nitrogen and oxygen atoms in total. The van der Waals surface area contributed by atoms with Crippen LogP contribution in [0.25, 0.3) is 10.9 Å². The van der Waals surface area contributed by atoms with Gasteiger partial charge < -0.3 is 42.6 Å². The summed E-state index contributed by atoms with van der Waals surface area (Å²) in [5, 5.41) is 11.9. The second-order valence-electron chi connectivity index (χ2n) is 14.9. The van der Waals surface area contributed by atoms with Crippen LogP contribution in [0.1, 0.15) is 57.1 Å². The van der Waals surface area contributed by atoms with E-state index in [0.717, 1.165) is 22.0 Å². The minimum Gasteiger partial charge on any atom is -0.370 e. The van der Waals surface area contributed by atoms with Crippen molar-refractivity contribution in [2.75, 3.05) is 18.6 Å². The van der Waals surface area contributed by atoms with Crippen LogP contribution in [-0.4, -0.2) is 106 Å². The predicted molar refractivity (Wildman–Crippen MR) is 221 cm³/mol. The molecule has 18 heteroatoms. The maximum absolute atomic E-state index is 14.2. The summed E-state index contributed by atoms with van der Waals surface area (Å²) in [5.74, 6) is 1.82. The molecule has 314 valence electrons. The number of aromatic nitrogens is 1. The fourth-order valence-corrected chi connectivity index (χ4v) is 7.35. The van der Waals surface area contributed by atoms with Gasteiger partial charge in [-0.25, -0.2) is 5.84 Å². The van der Waals surface area contributed by atoms with E-state index in [2.05, 4.69) is 31.7 Å². The molecule has 0 bridgehead atoms. The molecular weight excluding hydrogens is 765 g/mol. The second-order valence-corrected chi connectivity index (χ2v) is 15.9. The van der Waals surface area contributed by atoms with E-state index in [1.54, 1.807) is 30.5 Å². The zero-order valence-electron chi connectivity index (χ0n) is 33.1. The highest BCUT2D eigenvalue weighted by molar-refractivity contribution is 7.98. The van der Waals surface area contributed by atoms with E-state index in [1.165, 1.54) is 16.7 Å². The average Bonchev–Trinajstić information content (AvgIpc) is 3.78. The number of nitrogens with two attached hydrogens (primary N) is 3. The Bertz CT molecular complexity index is 1910. The van der Waals surface area contributed by atoms with Crippen molar-refractivity contribution in [3.8, 4) is 0 Å². The summed E-state index contributed by atoms with van der Waals surface area (Å²) in [4.78, 5) is 97.6. The minimum atomic E-state index is -1.20. The molecule has 2 heterocycles. The molecule has 0 unspecified atom stereocenters. The van der Waals surface area contributed by atoms with Crippen LogP contribution >= 0.6 is 11.8 Å². The lowest BCUT2D eigenvalue weighted by Gasteiger charge is -2.30. The molecule has 0 spiro atoms. The lowest BCUT2D eigenvalue weighted by molar-refractivity contribution is -0.141. The van der Waals surface area contributed by atoms with Gasteiger partial charge in [0.15, 0.2) is 0 Å². The molecule has 0 aliphatic carbocycles. The second kappa shape index (κ2) is 21.9. The van der Waals surface area contributed by atoms with Gasteiger partial charge in [0.1, 0.15) is 30.2 Å². The number of thioether (sulfide) groups is 1. The Kier molecular flexibility index (Phi) is 17.1. The number of carbonyl (C=O) groups is 7.